The lowest BCUT2D eigenvalue weighted by Gasteiger charge is -2.14. The third-order valence-corrected chi connectivity index (χ3v) is 3.06. The predicted molar refractivity (Wildman–Crippen MR) is 77.2 cm³/mol. The van der Waals surface area contributed by atoms with E-state index in [0.29, 0.717) is 32.2 Å². The molecule has 5 heteroatoms. The fraction of sp³-hybridized carbons (Fsp3) is 0.467. The SMILES string of the molecule is NCCCCC(=O)NC(CCc1ccccc1)C(=O)O. The van der Waals surface area contributed by atoms with Crippen molar-refractivity contribution in [2.45, 2.75) is 38.1 Å². The molecule has 0 bridgehead atoms. The Hall–Kier alpha value is -1.88. The van der Waals surface area contributed by atoms with Gasteiger partial charge in [0.05, 0.1) is 0 Å². The molecule has 0 saturated heterocycles. The van der Waals surface area contributed by atoms with E-state index < -0.39 is 12.0 Å². The minimum atomic E-state index is -0.992. The Labute approximate surface area is 119 Å². The second-order valence-electron chi connectivity index (χ2n) is 4.73. The molecular weight excluding hydrogens is 256 g/mol. The summed E-state index contributed by atoms with van der Waals surface area (Å²) in [5, 5.41) is 11.7. The van der Waals surface area contributed by atoms with Crippen LogP contribution in [0.5, 0.6) is 0 Å². The lowest BCUT2D eigenvalue weighted by atomic mass is 10.0. The van der Waals surface area contributed by atoms with Crippen LogP contribution in [-0.4, -0.2) is 29.6 Å². The van der Waals surface area contributed by atoms with Crippen molar-refractivity contribution in [3.8, 4) is 0 Å². The van der Waals surface area contributed by atoms with Crippen molar-refractivity contribution in [1.29, 1.82) is 0 Å². The number of carbonyl (C=O) groups excluding carboxylic acids is 1. The second-order valence-corrected chi connectivity index (χ2v) is 4.73. The highest BCUT2D eigenvalue weighted by Crippen LogP contribution is 2.06. The van der Waals surface area contributed by atoms with Crippen molar-refractivity contribution < 1.29 is 14.7 Å². The third-order valence-electron chi connectivity index (χ3n) is 3.06. The Bertz CT molecular complexity index is 420. The molecule has 1 amide bonds. The lowest BCUT2D eigenvalue weighted by molar-refractivity contribution is -0.142. The highest BCUT2D eigenvalue weighted by Gasteiger charge is 2.19. The van der Waals surface area contributed by atoms with Gasteiger partial charge in [0.2, 0.25) is 5.91 Å². The van der Waals surface area contributed by atoms with Gasteiger partial charge in [-0.1, -0.05) is 30.3 Å². The number of amides is 1. The molecule has 0 fully saturated rings. The largest absolute Gasteiger partial charge is 0.480 e. The first-order chi connectivity index (χ1) is 9.63. The Balaban J connectivity index is 2.40. The van der Waals surface area contributed by atoms with Gasteiger partial charge in [-0.3, -0.25) is 4.79 Å². The van der Waals surface area contributed by atoms with Crippen molar-refractivity contribution in [2.75, 3.05) is 6.54 Å². The molecule has 0 aliphatic rings. The molecule has 0 heterocycles. The maximum atomic E-state index is 11.6. The summed E-state index contributed by atoms with van der Waals surface area (Å²) in [5.41, 5.74) is 6.42. The highest BCUT2D eigenvalue weighted by molar-refractivity contribution is 5.83. The van der Waals surface area contributed by atoms with E-state index >= 15 is 0 Å². The maximum absolute atomic E-state index is 11.6. The quantitative estimate of drug-likeness (QED) is 0.594. The summed E-state index contributed by atoms with van der Waals surface area (Å²) in [6.45, 7) is 0.545. The Kier molecular flexibility index (Phi) is 7.35. The number of carbonyl (C=O) groups is 2. The molecule has 4 N–H and O–H groups in total. The molecule has 1 rings (SSSR count). The zero-order valence-electron chi connectivity index (χ0n) is 11.5. The topological polar surface area (TPSA) is 92.4 Å². The van der Waals surface area contributed by atoms with Crippen LogP contribution >= 0.6 is 0 Å². The molecule has 1 unspecified atom stereocenters. The molecule has 0 saturated carbocycles. The van der Waals surface area contributed by atoms with E-state index in [1.807, 2.05) is 30.3 Å². The number of benzene rings is 1. The molecule has 1 aromatic carbocycles. The Morgan fingerprint density at radius 1 is 1.20 bits per heavy atom. The summed E-state index contributed by atoms with van der Waals surface area (Å²) < 4.78 is 0. The fourth-order valence-electron chi connectivity index (χ4n) is 1.91. The molecule has 0 spiro atoms. The minimum Gasteiger partial charge on any atom is -0.480 e. The van der Waals surface area contributed by atoms with E-state index in [9.17, 15) is 9.59 Å². The fourth-order valence-corrected chi connectivity index (χ4v) is 1.91. The number of hydrogen-bond donors (Lipinski definition) is 3. The van der Waals surface area contributed by atoms with Crippen molar-refractivity contribution in [1.82, 2.24) is 5.32 Å². The molecule has 1 atom stereocenters. The van der Waals surface area contributed by atoms with Crippen LogP contribution in [0.3, 0.4) is 0 Å². The number of rotatable bonds is 9. The van der Waals surface area contributed by atoms with Gasteiger partial charge >= 0.3 is 5.97 Å². The van der Waals surface area contributed by atoms with Crippen LogP contribution in [0.4, 0.5) is 0 Å². The third kappa shape index (κ3) is 6.33. The van der Waals surface area contributed by atoms with Gasteiger partial charge in [-0.2, -0.15) is 0 Å². The second kappa shape index (κ2) is 9.09. The zero-order chi connectivity index (χ0) is 14.8. The van der Waals surface area contributed by atoms with E-state index in [1.54, 1.807) is 0 Å². The van der Waals surface area contributed by atoms with Gasteiger partial charge < -0.3 is 16.2 Å². The molecule has 0 radical (unpaired) electrons. The van der Waals surface area contributed by atoms with Crippen molar-refractivity contribution >= 4 is 11.9 Å². The van der Waals surface area contributed by atoms with Gasteiger partial charge in [0.15, 0.2) is 0 Å². The molecule has 0 aliphatic heterocycles. The monoisotopic (exact) mass is 278 g/mol. The number of nitrogens with one attached hydrogen (secondary N) is 1. The molecule has 5 nitrogen and oxygen atoms in total. The molecule has 0 aromatic heterocycles. The van der Waals surface area contributed by atoms with Crippen LogP contribution in [0.1, 0.15) is 31.2 Å². The standard InChI is InChI=1S/C15H22N2O3/c16-11-5-4-8-14(18)17-13(15(19)20)10-9-12-6-2-1-3-7-12/h1-3,6-7,13H,4-5,8-11,16H2,(H,17,18)(H,19,20). The van der Waals surface area contributed by atoms with Crippen LogP contribution in [0.25, 0.3) is 0 Å². The summed E-state index contributed by atoms with van der Waals surface area (Å²) in [7, 11) is 0. The van der Waals surface area contributed by atoms with E-state index in [1.165, 1.54) is 0 Å². The normalized spacial score (nSPS) is 11.8. The van der Waals surface area contributed by atoms with Crippen LogP contribution < -0.4 is 11.1 Å². The summed E-state index contributed by atoms with van der Waals surface area (Å²) in [6, 6.07) is 8.80. The number of aryl methyl sites for hydroxylation is 1. The van der Waals surface area contributed by atoms with Crippen LogP contribution in [0, 0.1) is 0 Å². The smallest absolute Gasteiger partial charge is 0.326 e. The number of aliphatic carboxylic acids is 1. The molecule has 110 valence electrons. The first-order valence-corrected chi connectivity index (χ1v) is 6.89. The number of carboxylic acid groups (broad SMARTS) is 1. The minimum absolute atomic E-state index is 0.223. The van der Waals surface area contributed by atoms with Crippen LogP contribution in [0.2, 0.25) is 0 Å². The van der Waals surface area contributed by atoms with Gasteiger partial charge in [-0.05, 0) is 37.8 Å². The first kappa shape index (κ1) is 16.2. The number of unbranched alkanes of at least 4 members (excludes halogenated alkanes) is 1. The predicted octanol–water partition coefficient (Wildman–Crippen LogP) is 1.32. The van der Waals surface area contributed by atoms with Gasteiger partial charge in [0.1, 0.15) is 6.04 Å². The molecular formula is C15H22N2O3. The molecule has 1 aromatic rings. The molecule has 0 aliphatic carbocycles. The summed E-state index contributed by atoms with van der Waals surface area (Å²) in [4.78, 5) is 22.8. The van der Waals surface area contributed by atoms with Crippen molar-refractivity contribution in [3.05, 3.63) is 35.9 Å². The van der Waals surface area contributed by atoms with Crippen molar-refractivity contribution in [3.63, 3.8) is 0 Å². The van der Waals surface area contributed by atoms with Crippen LogP contribution in [0.15, 0.2) is 30.3 Å². The van der Waals surface area contributed by atoms with E-state index in [0.717, 1.165) is 12.0 Å². The Morgan fingerprint density at radius 3 is 2.50 bits per heavy atom. The summed E-state index contributed by atoms with van der Waals surface area (Å²) in [6.07, 6.45) is 2.80. The van der Waals surface area contributed by atoms with Crippen molar-refractivity contribution in [2.24, 2.45) is 5.73 Å². The number of hydrogen-bond acceptors (Lipinski definition) is 3. The van der Waals surface area contributed by atoms with Crippen LogP contribution in [-0.2, 0) is 16.0 Å². The highest BCUT2D eigenvalue weighted by atomic mass is 16.4. The summed E-state index contributed by atoms with van der Waals surface area (Å²) in [5.74, 6) is -1.22. The van der Waals surface area contributed by atoms with Gasteiger partial charge in [0, 0.05) is 6.42 Å². The Morgan fingerprint density at radius 2 is 1.90 bits per heavy atom. The average molecular weight is 278 g/mol. The van der Waals surface area contributed by atoms with E-state index in [2.05, 4.69) is 5.32 Å². The number of nitrogens with two attached hydrogens (primary N) is 1. The van der Waals surface area contributed by atoms with Gasteiger partial charge in [-0.15, -0.1) is 0 Å². The van der Waals surface area contributed by atoms with Gasteiger partial charge in [-0.25, -0.2) is 4.79 Å². The van der Waals surface area contributed by atoms with Gasteiger partial charge in [0.25, 0.3) is 0 Å². The average Bonchev–Trinajstić information content (AvgIpc) is 2.44. The van der Waals surface area contributed by atoms with E-state index in [4.69, 9.17) is 10.8 Å². The summed E-state index contributed by atoms with van der Waals surface area (Å²) >= 11 is 0. The lowest BCUT2D eigenvalue weighted by Crippen LogP contribution is -2.41. The number of carboxylic acids is 1. The zero-order valence-corrected chi connectivity index (χ0v) is 11.5. The first-order valence-electron chi connectivity index (χ1n) is 6.89. The maximum Gasteiger partial charge on any atom is 0.326 e. The molecule has 20 heavy (non-hydrogen) atoms. The van der Waals surface area contributed by atoms with E-state index in [-0.39, 0.29) is 5.91 Å².